The molecule has 0 heterocycles. The molecule has 0 radical (unpaired) electrons. The number of rotatable bonds is 5. The summed E-state index contributed by atoms with van der Waals surface area (Å²) < 4.78 is 4.92. The van der Waals surface area contributed by atoms with Crippen LogP contribution in [0.4, 0.5) is 10.5 Å². The first-order valence-corrected chi connectivity index (χ1v) is 8.32. The maximum atomic E-state index is 12.2. The molecule has 0 saturated carbocycles. The van der Waals surface area contributed by atoms with Gasteiger partial charge in [0.25, 0.3) is 0 Å². The number of carbonyl (C=O) groups excluding carboxylic acids is 2. The summed E-state index contributed by atoms with van der Waals surface area (Å²) in [6, 6.07) is 13.5. The zero-order valence-corrected chi connectivity index (χ0v) is 15.2. The molecule has 0 atom stereocenters. The van der Waals surface area contributed by atoms with Crippen molar-refractivity contribution in [1.82, 2.24) is 5.32 Å². The molecule has 0 saturated heterocycles. The molecule has 0 unspecified atom stereocenters. The Morgan fingerprint density at radius 3 is 2.20 bits per heavy atom. The van der Waals surface area contributed by atoms with Crippen LogP contribution in [0.25, 0.3) is 0 Å². The Morgan fingerprint density at radius 2 is 1.64 bits per heavy atom. The number of esters is 1. The number of hydrogen-bond donors (Lipinski definition) is 2. The standard InChI is InChI=1S/C19H21ClN2O3/c1-4-25-17(23)13-5-11-16(12-6-13)21-18(24)22-19(2,3)14-7-9-15(20)10-8-14/h5-12H,4H2,1-3H3,(H2,21,22,24). The predicted molar refractivity (Wildman–Crippen MR) is 99.0 cm³/mol. The smallest absolute Gasteiger partial charge is 0.338 e. The van der Waals surface area contributed by atoms with Gasteiger partial charge in [-0.25, -0.2) is 9.59 Å². The molecular formula is C19H21ClN2O3. The first-order valence-electron chi connectivity index (χ1n) is 7.94. The highest BCUT2D eigenvalue weighted by Gasteiger charge is 2.22. The molecule has 0 aliphatic heterocycles. The van der Waals surface area contributed by atoms with E-state index < -0.39 is 5.54 Å². The highest BCUT2D eigenvalue weighted by Crippen LogP contribution is 2.22. The summed E-state index contributed by atoms with van der Waals surface area (Å²) in [6.07, 6.45) is 0. The second-order valence-electron chi connectivity index (χ2n) is 6.01. The molecular weight excluding hydrogens is 340 g/mol. The van der Waals surface area contributed by atoms with Gasteiger partial charge in [-0.3, -0.25) is 0 Å². The fraction of sp³-hybridized carbons (Fsp3) is 0.263. The van der Waals surface area contributed by atoms with Crippen molar-refractivity contribution in [2.75, 3.05) is 11.9 Å². The summed E-state index contributed by atoms with van der Waals surface area (Å²) in [6.45, 7) is 5.88. The summed E-state index contributed by atoms with van der Waals surface area (Å²) in [5.74, 6) is -0.387. The highest BCUT2D eigenvalue weighted by atomic mass is 35.5. The van der Waals surface area contributed by atoms with Crippen molar-refractivity contribution in [3.63, 3.8) is 0 Å². The van der Waals surface area contributed by atoms with E-state index in [-0.39, 0.29) is 12.0 Å². The Kier molecular flexibility index (Phi) is 6.04. The fourth-order valence-electron chi connectivity index (χ4n) is 2.29. The Balaban J connectivity index is 1.99. The molecule has 2 aromatic carbocycles. The number of carbonyl (C=O) groups is 2. The van der Waals surface area contributed by atoms with Gasteiger partial charge >= 0.3 is 12.0 Å². The van der Waals surface area contributed by atoms with Crippen molar-refractivity contribution in [2.45, 2.75) is 26.3 Å². The Labute approximate surface area is 152 Å². The lowest BCUT2D eigenvalue weighted by molar-refractivity contribution is 0.0526. The lowest BCUT2D eigenvalue weighted by Crippen LogP contribution is -2.43. The minimum Gasteiger partial charge on any atom is -0.462 e. The van der Waals surface area contributed by atoms with Crippen molar-refractivity contribution >= 4 is 29.3 Å². The summed E-state index contributed by atoms with van der Waals surface area (Å²) >= 11 is 5.90. The molecule has 132 valence electrons. The maximum absolute atomic E-state index is 12.2. The lowest BCUT2D eigenvalue weighted by Gasteiger charge is -2.27. The molecule has 0 spiro atoms. The van der Waals surface area contributed by atoms with Crippen molar-refractivity contribution in [3.8, 4) is 0 Å². The summed E-state index contributed by atoms with van der Waals surface area (Å²) in [5.41, 5.74) is 1.39. The van der Waals surface area contributed by atoms with Crippen LogP contribution in [-0.4, -0.2) is 18.6 Å². The van der Waals surface area contributed by atoms with Gasteiger partial charge in [-0.05, 0) is 62.7 Å². The van der Waals surface area contributed by atoms with Gasteiger partial charge in [0.2, 0.25) is 0 Å². The van der Waals surface area contributed by atoms with Gasteiger partial charge in [0.15, 0.2) is 0 Å². The summed E-state index contributed by atoms with van der Waals surface area (Å²) in [4.78, 5) is 23.9. The van der Waals surface area contributed by atoms with E-state index in [1.54, 1.807) is 43.3 Å². The zero-order valence-electron chi connectivity index (χ0n) is 14.4. The minimum atomic E-state index is -0.570. The highest BCUT2D eigenvalue weighted by molar-refractivity contribution is 6.30. The summed E-state index contributed by atoms with van der Waals surface area (Å²) in [5, 5.41) is 6.31. The van der Waals surface area contributed by atoms with Crippen LogP contribution in [0.3, 0.4) is 0 Å². The second-order valence-corrected chi connectivity index (χ2v) is 6.45. The van der Waals surface area contributed by atoms with E-state index in [2.05, 4.69) is 10.6 Å². The van der Waals surface area contributed by atoms with E-state index in [0.29, 0.717) is 22.9 Å². The molecule has 0 aliphatic carbocycles. The number of halogens is 1. The molecule has 0 aromatic heterocycles. The van der Waals surface area contributed by atoms with Crippen LogP contribution < -0.4 is 10.6 Å². The average molecular weight is 361 g/mol. The molecule has 0 aliphatic rings. The largest absolute Gasteiger partial charge is 0.462 e. The number of benzene rings is 2. The molecule has 25 heavy (non-hydrogen) atoms. The van der Waals surface area contributed by atoms with Crippen molar-refractivity contribution in [3.05, 3.63) is 64.7 Å². The quantitative estimate of drug-likeness (QED) is 0.767. The van der Waals surface area contributed by atoms with Gasteiger partial charge < -0.3 is 15.4 Å². The third-order valence-corrected chi connectivity index (χ3v) is 3.90. The second kappa shape index (κ2) is 8.03. The molecule has 2 N–H and O–H groups in total. The maximum Gasteiger partial charge on any atom is 0.338 e. The number of urea groups is 1. The van der Waals surface area contributed by atoms with Gasteiger partial charge in [-0.15, -0.1) is 0 Å². The van der Waals surface area contributed by atoms with Crippen LogP contribution in [0.2, 0.25) is 5.02 Å². The fourth-order valence-corrected chi connectivity index (χ4v) is 2.41. The molecule has 5 nitrogen and oxygen atoms in total. The normalized spacial score (nSPS) is 10.9. The average Bonchev–Trinajstić information content (AvgIpc) is 2.55. The molecule has 2 rings (SSSR count). The van der Waals surface area contributed by atoms with Gasteiger partial charge in [-0.1, -0.05) is 23.7 Å². The van der Waals surface area contributed by atoms with Crippen molar-refractivity contribution in [2.24, 2.45) is 0 Å². The van der Waals surface area contributed by atoms with Crippen LogP contribution in [0, 0.1) is 0 Å². The van der Waals surface area contributed by atoms with Gasteiger partial charge in [0.05, 0.1) is 17.7 Å². The Morgan fingerprint density at radius 1 is 1.04 bits per heavy atom. The minimum absolute atomic E-state index is 0.320. The molecule has 2 amide bonds. The molecule has 6 heteroatoms. The number of nitrogens with one attached hydrogen (secondary N) is 2. The molecule has 2 aromatic rings. The molecule has 0 bridgehead atoms. The first kappa shape index (κ1) is 18.8. The lowest BCUT2D eigenvalue weighted by atomic mass is 9.94. The van der Waals surface area contributed by atoms with E-state index in [4.69, 9.17) is 16.3 Å². The van der Waals surface area contributed by atoms with Gasteiger partial charge in [-0.2, -0.15) is 0 Å². The Hall–Kier alpha value is -2.53. The SMILES string of the molecule is CCOC(=O)c1ccc(NC(=O)NC(C)(C)c2ccc(Cl)cc2)cc1. The van der Waals surface area contributed by atoms with Crippen LogP contribution in [0.15, 0.2) is 48.5 Å². The predicted octanol–water partition coefficient (Wildman–Crippen LogP) is 4.57. The molecule has 0 fully saturated rings. The Bertz CT molecular complexity index is 740. The van der Waals surface area contributed by atoms with Crippen molar-refractivity contribution < 1.29 is 14.3 Å². The van der Waals surface area contributed by atoms with E-state index in [1.165, 1.54) is 0 Å². The van der Waals surface area contributed by atoms with E-state index in [9.17, 15) is 9.59 Å². The van der Waals surface area contributed by atoms with Crippen LogP contribution in [0.1, 0.15) is 36.7 Å². The summed E-state index contributed by atoms with van der Waals surface area (Å²) in [7, 11) is 0. The number of amides is 2. The van der Waals surface area contributed by atoms with E-state index in [1.807, 2.05) is 26.0 Å². The van der Waals surface area contributed by atoms with Gasteiger partial charge in [0.1, 0.15) is 0 Å². The third-order valence-electron chi connectivity index (χ3n) is 3.65. The van der Waals surface area contributed by atoms with E-state index >= 15 is 0 Å². The van der Waals surface area contributed by atoms with Gasteiger partial charge in [0, 0.05) is 10.7 Å². The van der Waals surface area contributed by atoms with Crippen LogP contribution in [0.5, 0.6) is 0 Å². The number of ether oxygens (including phenoxy) is 1. The van der Waals surface area contributed by atoms with Crippen molar-refractivity contribution in [1.29, 1.82) is 0 Å². The number of anilines is 1. The van der Waals surface area contributed by atoms with Crippen LogP contribution >= 0.6 is 11.6 Å². The van der Waals surface area contributed by atoms with Crippen LogP contribution in [-0.2, 0) is 10.3 Å². The topological polar surface area (TPSA) is 67.4 Å². The third kappa shape index (κ3) is 5.22. The van der Waals surface area contributed by atoms with E-state index in [0.717, 1.165) is 5.56 Å². The first-order chi connectivity index (χ1) is 11.8. The monoisotopic (exact) mass is 360 g/mol. The zero-order chi connectivity index (χ0) is 18.4. The number of hydrogen-bond acceptors (Lipinski definition) is 3.